The first-order valence-corrected chi connectivity index (χ1v) is 7.72. The van der Waals surface area contributed by atoms with E-state index in [9.17, 15) is 9.90 Å². The van der Waals surface area contributed by atoms with E-state index in [1.165, 1.54) is 6.42 Å². The Balaban J connectivity index is 1.75. The van der Waals surface area contributed by atoms with Crippen LogP contribution in [0.25, 0.3) is 0 Å². The summed E-state index contributed by atoms with van der Waals surface area (Å²) in [6, 6.07) is 0.259. The SMILES string of the molecule is CC(O)CC1CCCN1C(=O)CCC1CCCOC1. The highest BCUT2D eigenvalue weighted by Crippen LogP contribution is 2.24. The van der Waals surface area contributed by atoms with E-state index in [0.717, 1.165) is 51.9 Å². The molecule has 4 heteroatoms. The molecule has 2 aliphatic heterocycles. The zero-order valence-corrected chi connectivity index (χ0v) is 12.0. The molecule has 110 valence electrons. The topological polar surface area (TPSA) is 49.8 Å². The van der Waals surface area contributed by atoms with E-state index in [4.69, 9.17) is 4.74 Å². The Labute approximate surface area is 116 Å². The number of carbonyl (C=O) groups is 1. The van der Waals surface area contributed by atoms with E-state index in [-0.39, 0.29) is 18.1 Å². The van der Waals surface area contributed by atoms with Gasteiger partial charge in [0.15, 0.2) is 0 Å². The lowest BCUT2D eigenvalue weighted by Crippen LogP contribution is -2.37. The normalized spacial score (nSPS) is 29.5. The van der Waals surface area contributed by atoms with Crippen LogP contribution in [0.2, 0.25) is 0 Å². The lowest BCUT2D eigenvalue weighted by molar-refractivity contribution is -0.133. The summed E-state index contributed by atoms with van der Waals surface area (Å²) in [6.07, 6.45) is 6.46. The van der Waals surface area contributed by atoms with Crippen LogP contribution < -0.4 is 0 Å². The van der Waals surface area contributed by atoms with Gasteiger partial charge in [-0.15, -0.1) is 0 Å². The van der Waals surface area contributed by atoms with Crippen molar-refractivity contribution in [2.45, 2.75) is 64.0 Å². The maximum absolute atomic E-state index is 12.3. The molecule has 0 aromatic carbocycles. The number of rotatable bonds is 5. The third-order valence-corrected chi connectivity index (χ3v) is 4.33. The first-order chi connectivity index (χ1) is 9.16. The molecule has 4 nitrogen and oxygen atoms in total. The molecule has 3 unspecified atom stereocenters. The van der Waals surface area contributed by atoms with E-state index in [1.807, 2.05) is 4.90 Å². The molecule has 0 saturated carbocycles. The molecule has 0 radical (unpaired) electrons. The van der Waals surface area contributed by atoms with E-state index < -0.39 is 0 Å². The number of ether oxygens (including phenoxy) is 1. The molecular weight excluding hydrogens is 242 g/mol. The van der Waals surface area contributed by atoms with Gasteiger partial charge in [-0.1, -0.05) is 0 Å². The van der Waals surface area contributed by atoms with Gasteiger partial charge < -0.3 is 14.7 Å². The molecule has 0 bridgehead atoms. The Morgan fingerprint density at radius 2 is 2.26 bits per heavy atom. The Hall–Kier alpha value is -0.610. The molecule has 0 aromatic rings. The maximum Gasteiger partial charge on any atom is 0.222 e. The number of carbonyl (C=O) groups excluding carboxylic acids is 1. The zero-order chi connectivity index (χ0) is 13.7. The van der Waals surface area contributed by atoms with Gasteiger partial charge in [-0.2, -0.15) is 0 Å². The fourth-order valence-corrected chi connectivity index (χ4v) is 3.31. The summed E-state index contributed by atoms with van der Waals surface area (Å²) >= 11 is 0. The molecule has 2 rings (SSSR count). The summed E-state index contributed by atoms with van der Waals surface area (Å²) in [6.45, 7) is 4.38. The molecule has 1 amide bonds. The van der Waals surface area contributed by atoms with E-state index in [0.29, 0.717) is 12.3 Å². The highest BCUT2D eigenvalue weighted by atomic mass is 16.5. The molecule has 0 aromatic heterocycles. The van der Waals surface area contributed by atoms with E-state index in [2.05, 4.69) is 0 Å². The Bertz CT molecular complexity index is 287. The monoisotopic (exact) mass is 269 g/mol. The van der Waals surface area contributed by atoms with Crippen molar-refractivity contribution >= 4 is 5.91 Å². The van der Waals surface area contributed by atoms with Crippen LogP contribution in [-0.2, 0) is 9.53 Å². The summed E-state index contributed by atoms with van der Waals surface area (Å²) in [5.74, 6) is 0.837. The second-order valence-electron chi connectivity index (χ2n) is 6.09. The van der Waals surface area contributed by atoms with Crippen LogP contribution in [0.1, 0.15) is 51.9 Å². The quantitative estimate of drug-likeness (QED) is 0.830. The molecule has 2 heterocycles. The van der Waals surface area contributed by atoms with Crippen molar-refractivity contribution in [2.75, 3.05) is 19.8 Å². The Morgan fingerprint density at radius 3 is 2.95 bits per heavy atom. The summed E-state index contributed by atoms with van der Waals surface area (Å²) < 4.78 is 5.46. The summed E-state index contributed by atoms with van der Waals surface area (Å²) in [5.41, 5.74) is 0. The van der Waals surface area contributed by atoms with Gasteiger partial charge in [0.2, 0.25) is 5.91 Å². The van der Waals surface area contributed by atoms with Crippen molar-refractivity contribution in [1.29, 1.82) is 0 Å². The van der Waals surface area contributed by atoms with Crippen LogP contribution in [0.15, 0.2) is 0 Å². The smallest absolute Gasteiger partial charge is 0.222 e. The number of nitrogens with zero attached hydrogens (tertiary/aromatic N) is 1. The minimum Gasteiger partial charge on any atom is -0.393 e. The second kappa shape index (κ2) is 7.25. The van der Waals surface area contributed by atoms with Crippen molar-refractivity contribution in [3.63, 3.8) is 0 Å². The molecule has 0 aliphatic carbocycles. The predicted molar refractivity (Wildman–Crippen MR) is 73.8 cm³/mol. The number of likely N-dealkylation sites (tertiary alicyclic amines) is 1. The first-order valence-electron chi connectivity index (χ1n) is 7.72. The predicted octanol–water partition coefficient (Wildman–Crippen LogP) is 1.96. The van der Waals surface area contributed by atoms with E-state index >= 15 is 0 Å². The van der Waals surface area contributed by atoms with Gasteiger partial charge in [0.25, 0.3) is 0 Å². The maximum atomic E-state index is 12.3. The van der Waals surface area contributed by atoms with Crippen LogP contribution in [0.4, 0.5) is 0 Å². The molecule has 2 saturated heterocycles. The number of hydrogen-bond donors (Lipinski definition) is 1. The van der Waals surface area contributed by atoms with Gasteiger partial charge in [-0.3, -0.25) is 4.79 Å². The van der Waals surface area contributed by atoms with Gasteiger partial charge in [-0.05, 0) is 51.4 Å². The molecule has 2 fully saturated rings. The van der Waals surface area contributed by atoms with Crippen LogP contribution in [0, 0.1) is 5.92 Å². The fourth-order valence-electron chi connectivity index (χ4n) is 3.31. The zero-order valence-electron chi connectivity index (χ0n) is 12.0. The van der Waals surface area contributed by atoms with Gasteiger partial charge in [0, 0.05) is 32.2 Å². The second-order valence-corrected chi connectivity index (χ2v) is 6.09. The third kappa shape index (κ3) is 4.46. The molecule has 2 aliphatic rings. The van der Waals surface area contributed by atoms with Crippen LogP contribution in [-0.4, -0.2) is 47.8 Å². The van der Waals surface area contributed by atoms with Crippen LogP contribution >= 0.6 is 0 Å². The minimum absolute atomic E-state index is 0.259. The molecule has 3 atom stereocenters. The van der Waals surface area contributed by atoms with Gasteiger partial charge >= 0.3 is 0 Å². The van der Waals surface area contributed by atoms with Gasteiger partial charge in [0.1, 0.15) is 0 Å². The van der Waals surface area contributed by atoms with Crippen molar-refractivity contribution in [1.82, 2.24) is 4.90 Å². The number of aliphatic hydroxyl groups excluding tert-OH is 1. The lowest BCUT2D eigenvalue weighted by Gasteiger charge is -2.27. The van der Waals surface area contributed by atoms with Crippen LogP contribution in [0.3, 0.4) is 0 Å². The largest absolute Gasteiger partial charge is 0.393 e. The van der Waals surface area contributed by atoms with Gasteiger partial charge in [0.05, 0.1) is 6.10 Å². The summed E-state index contributed by atoms with van der Waals surface area (Å²) in [7, 11) is 0. The number of amides is 1. The fraction of sp³-hybridized carbons (Fsp3) is 0.933. The Kier molecular flexibility index (Phi) is 5.64. The highest BCUT2D eigenvalue weighted by molar-refractivity contribution is 5.76. The number of aliphatic hydroxyl groups is 1. The average Bonchev–Trinajstić information content (AvgIpc) is 2.84. The molecule has 19 heavy (non-hydrogen) atoms. The van der Waals surface area contributed by atoms with Crippen molar-refractivity contribution in [3.8, 4) is 0 Å². The first kappa shape index (κ1) is 14.8. The van der Waals surface area contributed by atoms with Gasteiger partial charge in [-0.25, -0.2) is 0 Å². The van der Waals surface area contributed by atoms with Crippen molar-refractivity contribution in [2.24, 2.45) is 5.92 Å². The summed E-state index contributed by atoms with van der Waals surface area (Å²) in [4.78, 5) is 14.3. The standard InChI is InChI=1S/C15H27NO3/c1-12(17)10-14-5-2-8-16(14)15(18)7-6-13-4-3-9-19-11-13/h12-14,17H,2-11H2,1H3. The molecular formula is C15H27NO3. The van der Waals surface area contributed by atoms with Crippen molar-refractivity contribution < 1.29 is 14.6 Å². The summed E-state index contributed by atoms with van der Waals surface area (Å²) in [5, 5.41) is 9.49. The lowest BCUT2D eigenvalue weighted by atomic mass is 9.96. The Morgan fingerprint density at radius 1 is 1.42 bits per heavy atom. The van der Waals surface area contributed by atoms with Crippen molar-refractivity contribution in [3.05, 3.63) is 0 Å². The number of hydrogen-bond acceptors (Lipinski definition) is 3. The minimum atomic E-state index is -0.315. The molecule has 0 spiro atoms. The highest BCUT2D eigenvalue weighted by Gasteiger charge is 2.29. The average molecular weight is 269 g/mol. The van der Waals surface area contributed by atoms with Crippen LogP contribution in [0.5, 0.6) is 0 Å². The van der Waals surface area contributed by atoms with E-state index in [1.54, 1.807) is 6.92 Å². The molecule has 1 N–H and O–H groups in total. The third-order valence-electron chi connectivity index (χ3n) is 4.33.